The summed E-state index contributed by atoms with van der Waals surface area (Å²) in [6, 6.07) is 13.8. The summed E-state index contributed by atoms with van der Waals surface area (Å²) in [7, 11) is 5.25. The van der Waals surface area contributed by atoms with Crippen molar-refractivity contribution in [3.8, 4) is 5.75 Å². The lowest BCUT2D eigenvalue weighted by atomic mass is 9.68. The molecule has 2 aliphatic rings. The van der Waals surface area contributed by atoms with E-state index < -0.39 is 0 Å². The van der Waals surface area contributed by atoms with Gasteiger partial charge in [0.1, 0.15) is 12.4 Å². The maximum absolute atomic E-state index is 12.6. The van der Waals surface area contributed by atoms with Crippen LogP contribution in [0.15, 0.2) is 42.5 Å². The van der Waals surface area contributed by atoms with Gasteiger partial charge in [-0.05, 0) is 29.3 Å². The minimum atomic E-state index is -0.236. The zero-order valence-electron chi connectivity index (χ0n) is 19.8. The van der Waals surface area contributed by atoms with Gasteiger partial charge in [0.05, 0.1) is 25.3 Å². The fourth-order valence-electron chi connectivity index (χ4n) is 5.81. The third kappa shape index (κ3) is 3.58. The molecule has 1 saturated heterocycles. The zero-order valence-corrected chi connectivity index (χ0v) is 20.5. The van der Waals surface area contributed by atoms with E-state index >= 15 is 0 Å². The molecule has 1 aromatic heterocycles. The first-order chi connectivity index (χ1) is 16.4. The molecule has 8 heteroatoms. The number of hydrogen-bond donors (Lipinski definition) is 1. The van der Waals surface area contributed by atoms with Crippen molar-refractivity contribution in [2.75, 3.05) is 47.1 Å². The van der Waals surface area contributed by atoms with Gasteiger partial charge in [-0.2, -0.15) is 0 Å². The van der Waals surface area contributed by atoms with E-state index in [9.17, 15) is 9.90 Å². The lowest BCUT2D eigenvalue weighted by Gasteiger charge is -2.56. The van der Waals surface area contributed by atoms with Gasteiger partial charge in [-0.3, -0.25) is 9.69 Å². The second kappa shape index (κ2) is 8.89. The minimum Gasteiger partial charge on any atom is -0.497 e. The number of nitrogens with zero attached hydrogens (tertiary/aromatic N) is 3. The highest BCUT2D eigenvalue weighted by Gasteiger charge is 2.54. The van der Waals surface area contributed by atoms with Gasteiger partial charge in [0.25, 0.3) is 0 Å². The number of amides is 1. The lowest BCUT2D eigenvalue weighted by Crippen LogP contribution is -2.68. The van der Waals surface area contributed by atoms with Gasteiger partial charge in [0.15, 0.2) is 0 Å². The van der Waals surface area contributed by atoms with Gasteiger partial charge in [0, 0.05) is 67.9 Å². The second-order valence-electron chi connectivity index (χ2n) is 9.36. The first-order valence-electron chi connectivity index (χ1n) is 11.4. The molecule has 1 atom stereocenters. The summed E-state index contributed by atoms with van der Waals surface area (Å²) in [4.78, 5) is 16.7. The summed E-state index contributed by atoms with van der Waals surface area (Å²) in [5, 5.41) is 12.4. The summed E-state index contributed by atoms with van der Waals surface area (Å²) in [6.45, 7) is 2.63. The number of aromatic nitrogens is 1. The van der Waals surface area contributed by atoms with E-state index in [4.69, 9.17) is 21.1 Å². The number of methoxy groups -OCH3 is 2. The van der Waals surface area contributed by atoms with Crippen molar-refractivity contribution in [1.82, 2.24) is 14.4 Å². The van der Waals surface area contributed by atoms with Gasteiger partial charge in [-0.15, -0.1) is 0 Å². The second-order valence-corrected chi connectivity index (χ2v) is 9.77. The van der Waals surface area contributed by atoms with Crippen molar-refractivity contribution in [1.29, 1.82) is 0 Å². The van der Waals surface area contributed by atoms with Crippen molar-refractivity contribution in [2.45, 2.75) is 18.0 Å². The molecule has 3 aromatic rings. The van der Waals surface area contributed by atoms with E-state index in [1.54, 1.807) is 14.2 Å². The summed E-state index contributed by atoms with van der Waals surface area (Å²) in [6.07, 6.45) is 0. The van der Waals surface area contributed by atoms with Crippen LogP contribution in [0.3, 0.4) is 0 Å². The molecule has 1 amide bonds. The highest BCUT2D eigenvalue weighted by molar-refractivity contribution is 6.31. The van der Waals surface area contributed by atoms with Crippen molar-refractivity contribution in [2.24, 2.45) is 7.05 Å². The van der Waals surface area contributed by atoms with E-state index in [1.807, 2.05) is 48.3 Å². The molecule has 180 valence electrons. The molecule has 2 aromatic carbocycles. The normalized spacial score (nSPS) is 19.3. The molecule has 1 spiro atoms. The van der Waals surface area contributed by atoms with Crippen LogP contribution in [-0.2, 0) is 28.5 Å². The standard InChI is InChI=1S/C26H30ClN3O4/c1-28-21-10-18(34-3)8-9-19(21)24-25(28)22(12-31)29(11-17-6-4-5-7-20(17)27)14-26(24)15-30(16-26)23(32)13-33-2/h4-10,22,31H,11-16H2,1-3H3/t22-/m1/s1. The number of benzene rings is 2. The highest BCUT2D eigenvalue weighted by atomic mass is 35.5. The number of halogens is 1. The number of likely N-dealkylation sites (tertiary alicyclic amines) is 1. The number of aryl methyl sites for hydroxylation is 1. The minimum absolute atomic E-state index is 0.00137. The van der Waals surface area contributed by atoms with Crippen LogP contribution in [0.25, 0.3) is 10.9 Å². The number of carbonyl (C=O) groups is 1. The van der Waals surface area contributed by atoms with Crippen LogP contribution in [0.5, 0.6) is 5.75 Å². The van der Waals surface area contributed by atoms with Crippen LogP contribution in [0, 0.1) is 0 Å². The molecule has 0 radical (unpaired) electrons. The van der Waals surface area contributed by atoms with E-state index in [0.717, 1.165) is 34.5 Å². The zero-order chi connectivity index (χ0) is 24.0. The molecular weight excluding hydrogens is 454 g/mol. The molecule has 0 aliphatic carbocycles. The number of rotatable bonds is 6. The van der Waals surface area contributed by atoms with Gasteiger partial charge >= 0.3 is 0 Å². The summed E-state index contributed by atoms with van der Waals surface area (Å²) < 4.78 is 12.7. The number of ether oxygens (including phenoxy) is 2. The van der Waals surface area contributed by atoms with Crippen molar-refractivity contribution < 1.29 is 19.4 Å². The molecule has 0 bridgehead atoms. The van der Waals surface area contributed by atoms with Gasteiger partial charge in [-0.25, -0.2) is 0 Å². The van der Waals surface area contributed by atoms with Gasteiger partial charge < -0.3 is 24.0 Å². The monoisotopic (exact) mass is 483 g/mol. The SMILES string of the molecule is COCC(=O)N1CC2(C1)CN(Cc1ccccc1Cl)[C@H](CO)c1c2c2ccc(OC)cc2n1C. The molecular formula is C26H30ClN3O4. The molecule has 7 nitrogen and oxygen atoms in total. The number of aliphatic hydroxyl groups excluding tert-OH is 1. The lowest BCUT2D eigenvalue weighted by molar-refractivity contribution is -0.144. The quantitative estimate of drug-likeness (QED) is 0.583. The average Bonchev–Trinajstić information content (AvgIpc) is 3.11. The molecule has 1 fully saturated rings. The van der Waals surface area contributed by atoms with Crippen molar-refractivity contribution in [3.05, 3.63) is 64.3 Å². The average molecular weight is 484 g/mol. The number of fused-ring (bicyclic) bond motifs is 4. The Morgan fingerprint density at radius 1 is 1.18 bits per heavy atom. The Labute approximate surface area is 204 Å². The van der Waals surface area contributed by atoms with Crippen molar-refractivity contribution >= 4 is 28.4 Å². The van der Waals surface area contributed by atoms with Crippen LogP contribution >= 0.6 is 11.6 Å². The van der Waals surface area contributed by atoms with Gasteiger partial charge in [-0.1, -0.05) is 29.8 Å². The van der Waals surface area contributed by atoms with Crippen LogP contribution in [0.1, 0.15) is 22.9 Å². The Morgan fingerprint density at radius 3 is 2.62 bits per heavy atom. The van der Waals surface area contributed by atoms with E-state index in [1.165, 1.54) is 5.56 Å². The fraction of sp³-hybridized carbons (Fsp3) is 0.423. The van der Waals surface area contributed by atoms with Crippen LogP contribution in [-0.4, -0.2) is 72.4 Å². The Kier molecular flexibility index (Phi) is 6.06. The Balaban J connectivity index is 1.63. The topological polar surface area (TPSA) is 67.2 Å². The number of carbonyl (C=O) groups excluding carboxylic acids is 1. The first-order valence-corrected chi connectivity index (χ1v) is 11.8. The molecule has 34 heavy (non-hydrogen) atoms. The largest absolute Gasteiger partial charge is 0.497 e. The predicted octanol–water partition coefficient (Wildman–Crippen LogP) is 3.12. The molecule has 2 aliphatic heterocycles. The smallest absolute Gasteiger partial charge is 0.248 e. The number of hydrogen-bond acceptors (Lipinski definition) is 5. The van der Waals surface area contributed by atoms with Crippen LogP contribution in [0.4, 0.5) is 0 Å². The maximum Gasteiger partial charge on any atom is 0.248 e. The Morgan fingerprint density at radius 2 is 1.94 bits per heavy atom. The van der Waals surface area contributed by atoms with E-state index in [0.29, 0.717) is 24.7 Å². The summed E-state index contributed by atoms with van der Waals surface area (Å²) in [5.41, 5.74) is 4.16. The third-order valence-corrected chi connectivity index (χ3v) is 7.73. The molecule has 1 N–H and O–H groups in total. The van der Waals surface area contributed by atoms with E-state index in [-0.39, 0.29) is 30.6 Å². The first kappa shape index (κ1) is 23.2. The summed E-state index contributed by atoms with van der Waals surface area (Å²) in [5.74, 6) is 0.789. The van der Waals surface area contributed by atoms with Crippen LogP contribution in [0.2, 0.25) is 5.02 Å². The highest BCUT2D eigenvalue weighted by Crippen LogP contribution is 2.50. The molecule has 5 rings (SSSR count). The fourth-order valence-corrected chi connectivity index (χ4v) is 6.00. The van der Waals surface area contributed by atoms with Gasteiger partial charge in [0.2, 0.25) is 5.91 Å². The predicted molar refractivity (Wildman–Crippen MR) is 131 cm³/mol. The third-order valence-electron chi connectivity index (χ3n) is 7.36. The Bertz CT molecular complexity index is 1230. The molecule has 3 heterocycles. The summed E-state index contributed by atoms with van der Waals surface area (Å²) >= 11 is 6.51. The van der Waals surface area contributed by atoms with E-state index in [2.05, 4.69) is 15.5 Å². The molecule has 0 saturated carbocycles. The Hall–Kier alpha value is -2.58. The van der Waals surface area contributed by atoms with Crippen LogP contribution < -0.4 is 4.74 Å². The number of aliphatic hydroxyl groups is 1. The molecule has 0 unspecified atom stereocenters. The van der Waals surface area contributed by atoms with Crippen molar-refractivity contribution in [3.63, 3.8) is 0 Å². The maximum atomic E-state index is 12.6.